The van der Waals surface area contributed by atoms with Crippen LogP contribution in [0, 0.1) is 0 Å². The molecule has 2 aromatic heterocycles. The summed E-state index contributed by atoms with van der Waals surface area (Å²) >= 11 is 0. The fourth-order valence-corrected chi connectivity index (χ4v) is 3.93. The highest BCUT2D eigenvalue weighted by Gasteiger charge is 2.23. The van der Waals surface area contributed by atoms with Crippen LogP contribution in [0.3, 0.4) is 0 Å². The molecule has 0 aliphatic rings. The van der Waals surface area contributed by atoms with Gasteiger partial charge in [-0.1, -0.05) is 42.5 Å². The summed E-state index contributed by atoms with van der Waals surface area (Å²) < 4.78 is 8.73. The van der Waals surface area contributed by atoms with Crippen molar-refractivity contribution in [3.63, 3.8) is 0 Å². The summed E-state index contributed by atoms with van der Waals surface area (Å²) in [4.78, 5) is 0. The molecule has 2 heterocycles. The lowest BCUT2D eigenvalue weighted by Crippen LogP contribution is -2.21. The first-order valence-corrected chi connectivity index (χ1v) is 8.39. The van der Waals surface area contributed by atoms with E-state index in [1.54, 1.807) is 0 Å². The SMILES string of the molecule is CC(C)(C)n1c2ccccc2c2ccc3c4ccccc4oc3c21. The summed E-state index contributed by atoms with van der Waals surface area (Å²) in [6.45, 7) is 6.75. The fraction of sp³-hybridized carbons (Fsp3) is 0.182. The van der Waals surface area contributed by atoms with Crippen molar-refractivity contribution in [3.8, 4) is 0 Å². The minimum absolute atomic E-state index is 0.0331. The van der Waals surface area contributed by atoms with Crippen LogP contribution in [-0.2, 0) is 5.54 Å². The van der Waals surface area contributed by atoms with Crippen LogP contribution in [0.2, 0.25) is 0 Å². The van der Waals surface area contributed by atoms with Gasteiger partial charge in [0, 0.05) is 32.6 Å². The van der Waals surface area contributed by atoms with Crippen LogP contribution in [0.15, 0.2) is 65.1 Å². The standard InChI is InChI=1S/C22H19NO/c1-22(2,3)23-18-10-6-4-8-14(18)16-12-13-17-15-9-5-7-11-19(15)24-21(17)20(16)23/h4-13H,1-3H3. The summed E-state index contributed by atoms with van der Waals surface area (Å²) in [6, 6.07) is 21.3. The van der Waals surface area contributed by atoms with E-state index < -0.39 is 0 Å². The number of fused-ring (bicyclic) bond motifs is 7. The number of furan rings is 1. The molecular formula is C22H19NO. The summed E-state index contributed by atoms with van der Waals surface area (Å²) in [5.74, 6) is 0. The third kappa shape index (κ3) is 1.66. The van der Waals surface area contributed by atoms with Crippen LogP contribution < -0.4 is 0 Å². The number of hydrogen-bond acceptors (Lipinski definition) is 1. The van der Waals surface area contributed by atoms with Crippen molar-refractivity contribution < 1.29 is 4.42 Å². The molecule has 2 heteroatoms. The van der Waals surface area contributed by atoms with Crippen LogP contribution >= 0.6 is 0 Å². The van der Waals surface area contributed by atoms with Crippen molar-refractivity contribution in [2.45, 2.75) is 26.3 Å². The van der Waals surface area contributed by atoms with Gasteiger partial charge in [0.15, 0.2) is 5.58 Å². The number of nitrogens with zero attached hydrogens (tertiary/aromatic N) is 1. The average molecular weight is 313 g/mol. The van der Waals surface area contributed by atoms with Crippen LogP contribution in [0.4, 0.5) is 0 Å². The Morgan fingerprint density at radius 3 is 2.17 bits per heavy atom. The van der Waals surface area contributed by atoms with E-state index in [0.29, 0.717) is 0 Å². The average Bonchev–Trinajstić information content (AvgIpc) is 3.10. The van der Waals surface area contributed by atoms with Gasteiger partial charge >= 0.3 is 0 Å². The number of rotatable bonds is 0. The maximum Gasteiger partial charge on any atom is 0.159 e. The van der Waals surface area contributed by atoms with Gasteiger partial charge in [-0.2, -0.15) is 0 Å². The van der Waals surface area contributed by atoms with Crippen molar-refractivity contribution in [1.82, 2.24) is 4.57 Å². The minimum Gasteiger partial charge on any atom is -0.454 e. The van der Waals surface area contributed by atoms with Gasteiger partial charge in [0.05, 0.1) is 5.52 Å². The lowest BCUT2D eigenvalue weighted by molar-refractivity contribution is 0.423. The first-order valence-electron chi connectivity index (χ1n) is 8.39. The van der Waals surface area contributed by atoms with Crippen molar-refractivity contribution in [2.75, 3.05) is 0 Å². The Hall–Kier alpha value is -2.74. The molecule has 0 radical (unpaired) electrons. The Bertz CT molecular complexity index is 1230. The molecule has 0 aliphatic heterocycles. The van der Waals surface area contributed by atoms with Crippen molar-refractivity contribution in [3.05, 3.63) is 60.7 Å². The Balaban J connectivity index is 2.13. The van der Waals surface area contributed by atoms with Crippen LogP contribution in [0.25, 0.3) is 43.7 Å². The summed E-state index contributed by atoms with van der Waals surface area (Å²) in [5, 5.41) is 4.91. The number of aromatic nitrogens is 1. The topological polar surface area (TPSA) is 18.1 Å². The molecule has 0 atom stereocenters. The predicted molar refractivity (Wildman–Crippen MR) is 102 cm³/mol. The van der Waals surface area contributed by atoms with E-state index in [1.165, 1.54) is 32.6 Å². The Labute approximate surface area is 140 Å². The van der Waals surface area contributed by atoms with Gasteiger partial charge in [-0.15, -0.1) is 0 Å². The van der Waals surface area contributed by atoms with Gasteiger partial charge < -0.3 is 8.98 Å². The molecular weight excluding hydrogens is 294 g/mol. The van der Waals surface area contributed by atoms with E-state index >= 15 is 0 Å². The van der Waals surface area contributed by atoms with Crippen molar-refractivity contribution >= 4 is 43.7 Å². The lowest BCUT2D eigenvalue weighted by Gasteiger charge is -2.24. The largest absolute Gasteiger partial charge is 0.454 e. The summed E-state index contributed by atoms with van der Waals surface area (Å²) in [5.41, 5.74) is 4.35. The van der Waals surface area contributed by atoms with E-state index in [4.69, 9.17) is 4.42 Å². The van der Waals surface area contributed by atoms with Gasteiger partial charge in [-0.05, 0) is 39.0 Å². The third-order valence-electron chi connectivity index (χ3n) is 4.85. The first kappa shape index (κ1) is 13.7. The second-order valence-corrected chi connectivity index (χ2v) is 7.46. The number of benzene rings is 3. The lowest BCUT2D eigenvalue weighted by atomic mass is 10.1. The van der Waals surface area contributed by atoms with Gasteiger partial charge in [-0.3, -0.25) is 0 Å². The maximum absolute atomic E-state index is 6.31. The van der Waals surface area contributed by atoms with E-state index in [1.807, 2.05) is 12.1 Å². The van der Waals surface area contributed by atoms with Gasteiger partial charge in [0.1, 0.15) is 5.58 Å². The minimum atomic E-state index is -0.0331. The molecule has 0 saturated carbocycles. The smallest absolute Gasteiger partial charge is 0.159 e. The molecule has 0 aliphatic carbocycles. The monoisotopic (exact) mass is 313 g/mol. The van der Waals surface area contributed by atoms with E-state index in [-0.39, 0.29) is 5.54 Å². The Morgan fingerprint density at radius 2 is 1.38 bits per heavy atom. The molecule has 118 valence electrons. The molecule has 0 unspecified atom stereocenters. The molecule has 0 spiro atoms. The number of para-hydroxylation sites is 2. The molecule has 5 rings (SSSR count). The zero-order valence-electron chi connectivity index (χ0n) is 14.1. The molecule has 0 saturated heterocycles. The highest BCUT2D eigenvalue weighted by atomic mass is 16.3. The normalized spacial score (nSPS) is 12.8. The molecule has 0 N–H and O–H groups in total. The second-order valence-electron chi connectivity index (χ2n) is 7.46. The van der Waals surface area contributed by atoms with Crippen LogP contribution in [0.1, 0.15) is 20.8 Å². The molecule has 0 amide bonds. The maximum atomic E-state index is 6.31. The van der Waals surface area contributed by atoms with Gasteiger partial charge in [0.25, 0.3) is 0 Å². The van der Waals surface area contributed by atoms with Crippen LogP contribution in [-0.4, -0.2) is 4.57 Å². The molecule has 3 aromatic carbocycles. The Kier molecular flexibility index (Phi) is 2.52. The highest BCUT2D eigenvalue weighted by molar-refractivity contribution is 6.20. The quantitative estimate of drug-likeness (QED) is 0.321. The fourth-order valence-electron chi connectivity index (χ4n) is 3.93. The molecule has 5 aromatic rings. The third-order valence-corrected chi connectivity index (χ3v) is 4.85. The van der Waals surface area contributed by atoms with Crippen molar-refractivity contribution in [1.29, 1.82) is 0 Å². The summed E-state index contributed by atoms with van der Waals surface area (Å²) in [7, 11) is 0. The zero-order valence-corrected chi connectivity index (χ0v) is 14.1. The summed E-state index contributed by atoms with van der Waals surface area (Å²) in [6.07, 6.45) is 0. The Morgan fingerprint density at radius 1 is 0.708 bits per heavy atom. The van der Waals surface area contributed by atoms with Gasteiger partial charge in [-0.25, -0.2) is 0 Å². The molecule has 2 nitrogen and oxygen atoms in total. The molecule has 0 fully saturated rings. The number of hydrogen-bond donors (Lipinski definition) is 0. The molecule has 0 bridgehead atoms. The van der Waals surface area contributed by atoms with Crippen LogP contribution in [0.5, 0.6) is 0 Å². The van der Waals surface area contributed by atoms with E-state index in [0.717, 1.165) is 11.2 Å². The van der Waals surface area contributed by atoms with Crippen molar-refractivity contribution in [2.24, 2.45) is 0 Å². The zero-order chi connectivity index (χ0) is 16.5. The predicted octanol–water partition coefficient (Wildman–Crippen LogP) is 6.45. The van der Waals surface area contributed by atoms with Gasteiger partial charge in [0.2, 0.25) is 0 Å². The highest BCUT2D eigenvalue weighted by Crippen LogP contribution is 2.40. The second kappa shape index (κ2) is 4.41. The molecule has 24 heavy (non-hydrogen) atoms. The van der Waals surface area contributed by atoms with E-state index in [2.05, 4.69) is 73.9 Å². The van der Waals surface area contributed by atoms with E-state index in [9.17, 15) is 0 Å². The first-order chi connectivity index (χ1) is 11.6.